The Kier molecular flexibility index (Phi) is 7.47. The van der Waals surface area contributed by atoms with Crippen LogP contribution < -0.4 is 5.32 Å². The van der Waals surface area contributed by atoms with E-state index in [1.54, 1.807) is 0 Å². The topological polar surface area (TPSA) is 47.2 Å². The van der Waals surface area contributed by atoms with Crippen molar-refractivity contribution in [2.45, 2.75) is 51.0 Å². The molecule has 0 amide bonds. The van der Waals surface area contributed by atoms with Gasteiger partial charge in [0.15, 0.2) is 5.11 Å². The Morgan fingerprint density at radius 1 is 1.19 bits per heavy atom. The molecule has 27 heavy (non-hydrogen) atoms. The zero-order valence-electron chi connectivity index (χ0n) is 16.7. The molecule has 3 rings (SSSR count). The third-order valence-electron chi connectivity index (χ3n) is 5.36. The van der Waals surface area contributed by atoms with Crippen LogP contribution in [0.25, 0.3) is 11.0 Å². The summed E-state index contributed by atoms with van der Waals surface area (Å²) in [6, 6.07) is 8.80. The summed E-state index contributed by atoms with van der Waals surface area (Å²) < 4.78 is 0. The Morgan fingerprint density at radius 2 is 1.96 bits per heavy atom. The third-order valence-corrected chi connectivity index (χ3v) is 5.74. The number of rotatable bonds is 8. The first-order valence-electron chi connectivity index (χ1n) is 10.3. The molecule has 2 N–H and O–H groups in total. The van der Waals surface area contributed by atoms with E-state index in [1.807, 2.05) is 12.1 Å². The first kappa shape index (κ1) is 20.1. The van der Waals surface area contributed by atoms with Crippen LogP contribution in [0.15, 0.2) is 24.3 Å². The van der Waals surface area contributed by atoms with Crippen molar-refractivity contribution in [2.24, 2.45) is 0 Å². The van der Waals surface area contributed by atoms with Crippen molar-refractivity contribution >= 4 is 28.4 Å². The molecule has 0 bridgehead atoms. The van der Waals surface area contributed by atoms with Crippen LogP contribution in [0.2, 0.25) is 0 Å². The van der Waals surface area contributed by atoms with Crippen molar-refractivity contribution in [1.29, 1.82) is 0 Å². The highest BCUT2D eigenvalue weighted by molar-refractivity contribution is 7.80. The second kappa shape index (κ2) is 10.0. The van der Waals surface area contributed by atoms with Crippen LogP contribution in [0.5, 0.6) is 0 Å². The number of benzene rings is 1. The van der Waals surface area contributed by atoms with Crippen LogP contribution >= 0.6 is 12.2 Å². The van der Waals surface area contributed by atoms with Gasteiger partial charge in [-0.05, 0) is 64.3 Å². The minimum atomic E-state index is 0.567. The highest BCUT2D eigenvalue weighted by atomic mass is 32.1. The number of nitrogens with one attached hydrogen (secondary N) is 2. The number of hydrogen-bond donors (Lipinski definition) is 2. The van der Waals surface area contributed by atoms with Gasteiger partial charge >= 0.3 is 0 Å². The average Bonchev–Trinajstić information content (AvgIpc) is 3.09. The number of para-hydroxylation sites is 2. The molecule has 1 fully saturated rings. The first-order chi connectivity index (χ1) is 13.1. The molecule has 5 nitrogen and oxygen atoms in total. The standard InChI is InChI=1S/C21H33N5S/c1-25(2)15-8-14-22-21(27)26(17-9-4-3-5-10-17)16-13-20-23-18-11-6-7-12-19(18)24-20/h6-7,11-12,17H,3-5,8-10,13-16H2,1-2H3,(H,22,27)(H,23,24). The fourth-order valence-electron chi connectivity index (χ4n) is 3.89. The smallest absolute Gasteiger partial charge is 0.169 e. The Hall–Kier alpha value is -1.66. The quantitative estimate of drug-likeness (QED) is 0.536. The summed E-state index contributed by atoms with van der Waals surface area (Å²) >= 11 is 5.79. The van der Waals surface area contributed by atoms with E-state index in [0.717, 1.165) is 54.4 Å². The fourth-order valence-corrected chi connectivity index (χ4v) is 4.23. The number of hydrogen-bond acceptors (Lipinski definition) is 3. The Morgan fingerprint density at radius 3 is 2.70 bits per heavy atom. The maximum atomic E-state index is 5.79. The number of aromatic nitrogens is 2. The van der Waals surface area contributed by atoms with Crippen molar-refractivity contribution in [2.75, 3.05) is 33.7 Å². The lowest BCUT2D eigenvalue weighted by Crippen LogP contribution is -2.48. The SMILES string of the molecule is CN(C)CCCNC(=S)N(CCc1nc2ccccc2[nH]1)C1CCCCC1. The van der Waals surface area contributed by atoms with Crippen molar-refractivity contribution in [3.05, 3.63) is 30.1 Å². The van der Waals surface area contributed by atoms with Crippen LogP contribution in [0.3, 0.4) is 0 Å². The zero-order chi connectivity index (χ0) is 19.1. The van der Waals surface area contributed by atoms with E-state index in [1.165, 1.54) is 32.1 Å². The largest absolute Gasteiger partial charge is 0.363 e. The summed E-state index contributed by atoms with van der Waals surface area (Å²) in [7, 11) is 4.22. The molecule has 1 aliphatic carbocycles. The van der Waals surface area contributed by atoms with Crippen molar-refractivity contribution < 1.29 is 0 Å². The molecule has 1 heterocycles. The van der Waals surface area contributed by atoms with Gasteiger partial charge in [0.25, 0.3) is 0 Å². The molecule has 0 radical (unpaired) electrons. The van der Waals surface area contributed by atoms with E-state index >= 15 is 0 Å². The van der Waals surface area contributed by atoms with Crippen LogP contribution in [-0.2, 0) is 6.42 Å². The molecule has 0 aliphatic heterocycles. The summed E-state index contributed by atoms with van der Waals surface area (Å²) in [4.78, 5) is 12.8. The van der Waals surface area contributed by atoms with E-state index < -0.39 is 0 Å². The maximum Gasteiger partial charge on any atom is 0.169 e. The lowest BCUT2D eigenvalue weighted by Gasteiger charge is -2.36. The molecule has 0 saturated heterocycles. The van der Waals surface area contributed by atoms with E-state index in [9.17, 15) is 0 Å². The minimum absolute atomic E-state index is 0.567. The van der Waals surface area contributed by atoms with Crippen LogP contribution in [0, 0.1) is 0 Å². The fraction of sp³-hybridized carbons (Fsp3) is 0.619. The molecule has 0 spiro atoms. The molecule has 1 aliphatic rings. The number of H-pyrrole nitrogens is 1. The Balaban J connectivity index is 1.59. The predicted molar refractivity (Wildman–Crippen MR) is 117 cm³/mol. The number of thiocarbonyl (C=S) groups is 1. The first-order valence-corrected chi connectivity index (χ1v) is 10.7. The van der Waals surface area contributed by atoms with Crippen molar-refractivity contribution in [1.82, 2.24) is 25.1 Å². The van der Waals surface area contributed by atoms with E-state index in [2.05, 4.69) is 46.3 Å². The predicted octanol–water partition coefficient (Wildman–Crippen LogP) is 3.57. The van der Waals surface area contributed by atoms with Gasteiger partial charge in [0.05, 0.1) is 11.0 Å². The zero-order valence-corrected chi connectivity index (χ0v) is 17.5. The van der Waals surface area contributed by atoms with Gasteiger partial charge in [0, 0.05) is 25.6 Å². The highest BCUT2D eigenvalue weighted by Crippen LogP contribution is 2.23. The summed E-state index contributed by atoms with van der Waals surface area (Å²) in [5.74, 6) is 1.05. The van der Waals surface area contributed by atoms with Crippen molar-refractivity contribution in [3.8, 4) is 0 Å². The minimum Gasteiger partial charge on any atom is -0.363 e. The van der Waals surface area contributed by atoms with Crippen molar-refractivity contribution in [3.63, 3.8) is 0 Å². The molecular weight excluding hydrogens is 354 g/mol. The highest BCUT2D eigenvalue weighted by Gasteiger charge is 2.23. The number of aromatic amines is 1. The lowest BCUT2D eigenvalue weighted by molar-refractivity contribution is 0.242. The summed E-state index contributed by atoms with van der Waals surface area (Å²) in [6.45, 7) is 2.94. The van der Waals surface area contributed by atoms with Gasteiger partial charge in [-0.2, -0.15) is 0 Å². The third kappa shape index (κ3) is 5.91. The Labute approximate surface area is 168 Å². The van der Waals surface area contributed by atoms with Gasteiger partial charge in [-0.3, -0.25) is 0 Å². The number of fused-ring (bicyclic) bond motifs is 1. The van der Waals surface area contributed by atoms with Gasteiger partial charge in [-0.25, -0.2) is 4.98 Å². The van der Waals surface area contributed by atoms with E-state index in [-0.39, 0.29) is 0 Å². The van der Waals surface area contributed by atoms with Crippen LogP contribution in [0.1, 0.15) is 44.3 Å². The van der Waals surface area contributed by atoms with Crippen LogP contribution in [-0.4, -0.2) is 64.7 Å². The molecule has 1 aromatic heterocycles. The molecule has 1 saturated carbocycles. The summed E-state index contributed by atoms with van der Waals surface area (Å²) in [5.41, 5.74) is 2.15. The van der Waals surface area contributed by atoms with Gasteiger partial charge < -0.3 is 20.1 Å². The monoisotopic (exact) mass is 387 g/mol. The Bertz CT molecular complexity index is 687. The number of nitrogens with zero attached hydrogens (tertiary/aromatic N) is 3. The molecule has 0 unspecified atom stereocenters. The van der Waals surface area contributed by atoms with Gasteiger partial charge in [-0.1, -0.05) is 31.4 Å². The van der Waals surface area contributed by atoms with Crippen LogP contribution in [0.4, 0.5) is 0 Å². The maximum absolute atomic E-state index is 5.79. The molecule has 6 heteroatoms. The van der Waals surface area contributed by atoms with E-state index in [0.29, 0.717) is 6.04 Å². The lowest BCUT2D eigenvalue weighted by atomic mass is 9.94. The normalized spacial score (nSPS) is 15.4. The van der Waals surface area contributed by atoms with Gasteiger partial charge in [0.1, 0.15) is 5.82 Å². The molecule has 0 atom stereocenters. The number of imidazole rings is 1. The average molecular weight is 388 g/mol. The van der Waals surface area contributed by atoms with Gasteiger partial charge in [0.2, 0.25) is 0 Å². The molecular formula is C21H33N5S. The summed E-state index contributed by atoms with van der Waals surface area (Å²) in [6.07, 6.45) is 8.49. The summed E-state index contributed by atoms with van der Waals surface area (Å²) in [5, 5.41) is 4.41. The molecule has 148 valence electrons. The second-order valence-electron chi connectivity index (χ2n) is 7.82. The van der Waals surface area contributed by atoms with Gasteiger partial charge in [-0.15, -0.1) is 0 Å². The van der Waals surface area contributed by atoms with E-state index in [4.69, 9.17) is 17.2 Å². The molecule has 2 aromatic rings. The second-order valence-corrected chi connectivity index (χ2v) is 8.21. The molecule has 1 aromatic carbocycles.